The van der Waals surface area contributed by atoms with Crippen molar-refractivity contribution in [1.29, 1.82) is 0 Å². The van der Waals surface area contributed by atoms with Gasteiger partial charge in [-0.05, 0) is 43.5 Å². The molecule has 34 heavy (non-hydrogen) atoms. The fourth-order valence-corrected chi connectivity index (χ4v) is 4.37. The molecule has 1 amide bonds. The molecule has 2 N–H and O–H groups in total. The summed E-state index contributed by atoms with van der Waals surface area (Å²) in [5, 5.41) is 13.8. The van der Waals surface area contributed by atoms with E-state index in [2.05, 4.69) is 9.97 Å². The number of hydrogen-bond acceptors (Lipinski definition) is 5. The minimum Gasteiger partial charge on any atom is -0.872 e. The maximum absolute atomic E-state index is 13.8. The van der Waals surface area contributed by atoms with Gasteiger partial charge < -0.3 is 19.7 Å². The zero-order valence-corrected chi connectivity index (χ0v) is 19.2. The number of benzene rings is 1. The molecule has 0 saturated carbocycles. The summed E-state index contributed by atoms with van der Waals surface area (Å²) in [4.78, 5) is 46.0. The summed E-state index contributed by atoms with van der Waals surface area (Å²) in [7, 11) is 0. The van der Waals surface area contributed by atoms with Crippen molar-refractivity contribution in [2.45, 2.75) is 33.4 Å². The van der Waals surface area contributed by atoms with Gasteiger partial charge in [0.2, 0.25) is 5.78 Å². The van der Waals surface area contributed by atoms with Crippen molar-refractivity contribution in [3.05, 3.63) is 94.1 Å². The van der Waals surface area contributed by atoms with Crippen molar-refractivity contribution >= 4 is 23.4 Å². The van der Waals surface area contributed by atoms with E-state index in [-0.39, 0.29) is 30.0 Å². The number of pyridine rings is 1. The summed E-state index contributed by atoms with van der Waals surface area (Å²) in [6, 6.07) is 11.8. The summed E-state index contributed by atoms with van der Waals surface area (Å²) >= 11 is 0. The average Bonchev–Trinajstić information content (AvgIpc) is 3.27. The minimum atomic E-state index is -0.853. The Morgan fingerprint density at radius 1 is 1.15 bits per heavy atom. The van der Waals surface area contributed by atoms with E-state index >= 15 is 0 Å². The van der Waals surface area contributed by atoms with E-state index < -0.39 is 29.5 Å². The number of aromatic amines is 2. The van der Waals surface area contributed by atoms with Crippen LogP contribution >= 0.6 is 0 Å². The first-order chi connectivity index (χ1) is 16.3. The number of ether oxygens (including phenoxy) is 1. The SMILES string of the molecule is CCOC(=O)c1[nH]c(C)c(/C([O-])=C2\C(=O)C(=O)N(Cc3ccc[nH+]c3)C2c2ccccc2)c1C. The standard InChI is InChI=1S/C26H25N3O5/c1-4-34-26(33)21-15(2)19(16(3)28-21)23(30)20-22(18-10-6-5-7-11-18)29(25(32)24(20)31)14-17-9-8-12-27-13-17/h5-13,22,28,30H,4,14H2,1-3H3/b23-20+. The van der Waals surface area contributed by atoms with Gasteiger partial charge in [-0.1, -0.05) is 36.1 Å². The van der Waals surface area contributed by atoms with Crippen LogP contribution in [0.25, 0.3) is 5.76 Å². The molecule has 0 radical (unpaired) electrons. The number of rotatable bonds is 6. The number of aryl methyl sites for hydroxylation is 1. The zero-order valence-electron chi connectivity index (χ0n) is 19.2. The predicted octanol–water partition coefficient (Wildman–Crippen LogP) is 2.05. The normalized spacial score (nSPS) is 17.3. The molecule has 1 unspecified atom stereocenters. The number of aromatic nitrogens is 2. The van der Waals surface area contributed by atoms with Gasteiger partial charge in [0.15, 0.2) is 12.4 Å². The lowest BCUT2D eigenvalue weighted by atomic mass is 9.94. The Morgan fingerprint density at radius 2 is 1.88 bits per heavy atom. The predicted molar refractivity (Wildman–Crippen MR) is 121 cm³/mol. The first-order valence-electron chi connectivity index (χ1n) is 11.0. The lowest BCUT2D eigenvalue weighted by Gasteiger charge is -2.27. The number of ketones is 1. The lowest BCUT2D eigenvalue weighted by Crippen LogP contribution is -2.29. The third-order valence-corrected chi connectivity index (χ3v) is 5.91. The van der Waals surface area contributed by atoms with Gasteiger partial charge in [0.1, 0.15) is 5.69 Å². The number of esters is 1. The number of nitrogens with one attached hydrogen (secondary N) is 2. The van der Waals surface area contributed by atoms with Gasteiger partial charge in [0.25, 0.3) is 5.91 Å². The Morgan fingerprint density at radius 3 is 2.53 bits per heavy atom. The van der Waals surface area contributed by atoms with Gasteiger partial charge in [0, 0.05) is 22.9 Å². The van der Waals surface area contributed by atoms with Gasteiger partial charge in [-0.15, -0.1) is 0 Å². The molecule has 4 rings (SSSR count). The first-order valence-corrected chi connectivity index (χ1v) is 11.0. The van der Waals surface area contributed by atoms with Gasteiger partial charge in [-0.3, -0.25) is 9.59 Å². The van der Waals surface area contributed by atoms with Crippen molar-refractivity contribution < 1.29 is 29.2 Å². The molecule has 174 valence electrons. The Bertz CT molecular complexity index is 1280. The van der Waals surface area contributed by atoms with Crippen molar-refractivity contribution in [2.24, 2.45) is 0 Å². The highest BCUT2D eigenvalue weighted by atomic mass is 16.5. The number of carbonyl (C=O) groups is 3. The molecule has 0 aliphatic carbocycles. The van der Waals surface area contributed by atoms with Gasteiger partial charge >= 0.3 is 5.97 Å². The topological polar surface area (TPSA) is 117 Å². The van der Waals surface area contributed by atoms with Crippen LogP contribution < -0.4 is 10.1 Å². The van der Waals surface area contributed by atoms with Crippen LogP contribution in [0.2, 0.25) is 0 Å². The summed E-state index contributed by atoms with van der Waals surface area (Å²) in [6.45, 7) is 5.31. The monoisotopic (exact) mass is 459 g/mol. The highest BCUT2D eigenvalue weighted by molar-refractivity contribution is 6.46. The third-order valence-electron chi connectivity index (χ3n) is 5.91. The summed E-state index contributed by atoms with van der Waals surface area (Å²) in [5.74, 6) is -2.73. The van der Waals surface area contributed by atoms with Crippen molar-refractivity contribution in [1.82, 2.24) is 9.88 Å². The summed E-state index contributed by atoms with van der Waals surface area (Å²) in [5.41, 5.74) is 2.50. The number of nitrogens with zero attached hydrogens (tertiary/aromatic N) is 1. The van der Waals surface area contributed by atoms with E-state index in [1.165, 1.54) is 4.90 Å². The molecule has 1 aliphatic rings. The molecule has 2 aromatic heterocycles. The Labute approximate surface area is 196 Å². The number of Topliss-reactive ketones (excluding diaryl/α,β-unsaturated/α-hetero) is 1. The molecule has 1 fully saturated rings. The first kappa shape index (κ1) is 23.0. The molecule has 1 aliphatic heterocycles. The highest BCUT2D eigenvalue weighted by Gasteiger charge is 2.44. The van der Waals surface area contributed by atoms with Crippen LogP contribution in [0.4, 0.5) is 0 Å². The number of H-pyrrole nitrogens is 2. The van der Waals surface area contributed by atoms with E-state index in [1.807, 2.05) is 12.1 Å². The van der Waals surface area contributed by atoms with Crippen LogP contribution in [0, 0.1) is 13.8 Å². The third kappa shape index (κ3) is 3.98. The Kier molecular flexibility index (Phi) is 6.32. The largest absolute Gasteiger partial charge is 0.872 e. The summed E-state index contributed by atoms with van der Waals surface area (Å²) < 4.78 is 5.07. The second-order valence-corrected chi connectivity index (χ2v) is 8.08. The number of amides is 1. The second kappa shape index (κ2) is 9.35. The molecule has 0 spiro atoms. The molecular weight excluding hydrogens is 434 g/mol. The molecule has 8 nitrogen and oxygen atoms in total. The molecule has 1 saturated heterocycles. The van der Waals surface area contributed by atoms with E-state index in [1.54, 1.807) is 63.5 Å². The molecule has 8 heteroatoms. The maximum Gasteiger partial charge on any atom is 0.355 e. The quantitative estimate of drug-likeness (QED) is 0.262. The molecule has 1 atom stereocenters. The maximum atomic E-state index is 13.8. The molecule has 0 bridgehead atoms. The van der Waals surface area contributed by atoms with Crippen LogP contribution in [0.1, 0.15) is 51.4 Å². The second-order valence-electron chi connectivity index (χ2n) is 8.08. The van der Waals surface area contributed by atoms with Crippen LogP contribution in [0.15, 0.2) is 60.4 Å². The van der Waals surface area contributed by atoms with Crippen LogP contribution in [-0.4, -0.2) is 34.2 Å². The highest BCUT2D eigenvalue weighted by Crippen LogP contribution is 2.40. The minimum absolute atomic E-state index is 0.128. The van der Waals surface area contributed by atoms with Gasteiger partial charge in [0.05, 0.1) is 19.2 Å². The van der Waals surface area contributed by atoms with Gasteiger partial charge in [-0.2, -0.15) is 0 Å². The fourth-order valence-electron chi connectivity index (χ4n) is 4.37. The van der Waals surface area contributed by atoms with E-state index in [0.717, 1.165) is 5.56 Å². The fraction of sp³-hybridized carbons (Fsp3) is 0.231. The van der Waals surface area contributed by atoms with Crippen LogP contribution in [-0.2, 0) is 20.9 Å². The number of carbonyl (C=O) groups excluding carboxylic acids is 3. The zero-order chi connectivity index (χ0) is 24.4. The molecule has 3 heterocycles. The number of likely N-dealkylation sites (tertiary alicyclic amines) is 1. The smallest absolute Gasteiger partial charge is 0.355 e. The average molecular weight is 460 g/mol. The van der Waals surface area contributed by atoms with Crippen molar-refractivity contribution in [3.63, 3.8) is 0 Å². The molecule has 1 aromatic carbocycles. The van der Waals surface area contributed by atoms with E-state index in [9.17, 15) is 19.5 Å². The van der Waals surface area contributed by atoms with Crippen molar-refractivity contribution in [3.8, 4) is 0 Å². The lowest BCUT2D eigenvalue weighted by molar-refractivity contribution is -0.378. The van der Waals surface area contributed by atoms with E-state index in [4.69, 9.17) is 4.74 Å². The van der Waals surface area contributed by atoms with E-state index in [0.29, 0.717) is 16.8 Å². The Balaban J connectivity index is 1.88. The Hall–Kier alpha value is -4.20. The molecule has 3 aromatic rings. The molecular formula is C26H25N3O5. The summed E-state index contributed by atoms with van der Waals surface area (Å²) in [6.07, 6.45) is 3.49. The van der Waals surface area contributed by atoms with Crippen LogP contribution in [0.5, 0.6) is 0 Å². The van der Waals surface area contributed by atoms with Gasteiger partial charge in [-0.25, -0.2) is 9.78 Å². The van der Waals surface area contributed by atoms with Crippen LogP contribution in [0.3, 0.4) is 0 Å². The number of hydrogen-bond donors (Lipinski definition) is 1. The van der Waals surface area contributed by atoms with Crippen molar-refractivity contribution in [2.75, 3.05) is 6.61 Å².